The first-order valence-corrected chi connectivity index (χ1v) is 6.27. The second kappa shape index (κ2) is 5.57. The van der Waals surface area contributed by atoms with Crippen LogP contribution in [0.1, 0.15) is 46.0 Å². The Labute approximate surface area is 101 Å². The minimum atomic E-state index is -4.08. The van der Waals surface area contributed by atoms with E-state index in [1.54, 1.807) is 6.92 Å². The predicted molar refractivity (Wildman–Crippen MR) is 60.7 cm³/mol. The molecule has 0 aromatic heterocycles. The SMILES string of the molecule is CCC(C)(O)CNC1CCCC(C(F)(F)F)C1. The van der Waals surface area contributed by atoms with Gasteiger partial charge in [0.1, 0.15) is 0 Å². The summed E-state index contributed by atoms with van der Waals surface area (Å²) in [6.45, 7) is 3.92. The van der Waals surface area contributed by atoms with E-state index in [1.807, 2.05) is 6.92 Å². The van der Waals surface area contributed by atoms with Crippen molar-refractivity contribution in [3.8, 4) is 0 Å². The highest BCUT2D eigenvalue weighted by molar-refractivity contribution is 4.84. The van der Waals surface area contributed by atoms with Gasteiger partial charge in [-0.3, -0.25) is 0 Å². The molecule has 0 heterocycles. The summed E-state index contributed by atoms with van der Waals surface area (Å²) >= 11 is 0. The van der Waals surface area contributed by atoms with Crippen LogP contribution in [0.2, 0.25) is 0 Å². The van der Waals surface area contributed by atoms with Crippen molar-refractivity contribution in [2.24, 2.45) is 5.92 Å². The fourth-order valence-corrected chi connectivity index (χ4v) is 2.16. The average molecular weight is 253 g/mol. The van der Waals surface area contributed by atoms with Gasteiger partial charge in [-0.15, -0.1) is 0 Å². The number of aliphatic hydroxyl groups is 1. The molecule has 1 saturated carbocycles. The maximum atomic E-state index is 12.6. The second-order valence-electron chi connectivity index (χ2n) is 5.33. The highest BCUT2D eigenvalue weighted by Gasteiger charge is 2.42. The molecule has 3 unspecified atom stereocenters. The number of halogens is 3. The van der Waals surface area contributed by atoms with Crippen molar-refractivity contribution in [3.05, 3.63) is 0 Å². The van der Waals surface area contributed by atoms with E-state index in [0.717, 1.165) is 6.42 Å². The van der Waals surface area contributed by atoms with E-state index in [4.69, 9.17) is 0 Å². The van der Waals surface area contributed by atoms with Crippen LogP contribution in [0.25, 0.3) is 0 Å². The van der Waals surface area contributed by atoms with E-state index in [0.29, 0.717) is 19.4 Å². The summed E-state index contributed by atoms with van der Waals surface area (Å²) < 4.78 is 37.7. The Hall–Kier alpha value is -0.290. The van der Waals surface area contributed by atoms with E-state index in [2.05, 4.69) is 5.32 Å². The van der Waals surface area contributed by atoms with Gasteiger partial charge in [0, 0.05) is 12.6 Å². The van der Waals surface area contributed by atoms with E-state index in [9.17, 15) is 18.3 Å². The van der Waals surface area contributed by atoms with Gasteiger partial charge in [0.15, 0.2) is 0 Å². The van der Waals surface area contributed by atoms with Gasteiger partial charge in [-0.05, 0) is 32.6 Å². The zero-order chi connectivity index (χ0) is 13.1. The van der Waals surface area contributed by atoms with Crippen LogP contribution in [0.3, 0.4) is 0 Å². The third kappa shape index (κ3) is 4.84. The third-order valence-corrected chi connectivity index (χ3v) is 3.67. The monoisotopic (exact) mass is 253 g/mol. The molecular weight excluding hydrogens is 231 g/mol. The Kier molecular flexibility index (Phi) is 4.84. The Bertz CT molecular complexity index is 240. The van der Waals surface area contributed by atoms with Crippen molar-refractivity contribution in [3.63, 3.8) is 0 Å². The molecule has 1 aliphatic rings. The molecule has 0 spiro atoms. The van der Waals surface area contributed by atoms with Gasteiger partial charge in [0.2, 0.25) is 0 Å². The lowest BCUT2D eigenvalue weighted by Crippen LogP contribution is -2.45. The molecule has 5 heteroatoms. The summed E-state index contributed by atoms with van der Waals surface area (Å²) in [6.07, 6.45) is -1.72. The summed E-state index contributed by atoms with van der Waals surface area (Å²) in [5, 5.41) is 12.9. The lowest BCUT2D eigenvalue weighted by molar-refractivity contribution is -0.183. The zero-order valence-corrected chi connectivity index (χ0v) is 10.5. The molecule has 3 atom stereocenters. The van der Waals surface area contributed by atoms with Gasteiger partial charge >= 0.3 is 6.18 Å². The summed E-state index contributed by atoms with van der Waals surface area (Å²) in [5.41, 5.74) is -0.828. The van der Waals surface area contributed by atoms with Crippen molar-refractivity contribution in [1.29, 1.82) is 0 Å². The Morgan fingerprint density at radius 1 is 1.29 bits per heavy atom. The van der Waals surface area contributed by atoms with E-state index >= 15 is 0 Å². The number of nitrogens with one attached hydrogen (secondary N) is 1. The zero-order valence-electron chi connectivity index (χ0n) is 10.5. The summed E-state index contributed by atoms with van der Waals surface area (Å²) in [4.78, 5) is 0. The van der Waals surface area contributed by atoms with Crippen molar-refractivity contribution < 1.29 is 18.3 Å². The van der Waals surface area contributed by atoms with Gasteiger partial charge in [0.05, 0.1) is 11.5 Å². The normalized spacial score (nSPS) is 30.0. The Balaban J connectivity index is 2.40. The molecule has 1 fully saturated rings. The fraction of sp³-hybridized carbons (Fsp3) is 1.00. The summed E-state index contributed by atoms with van der Waals surface area (Å²) in [7, 11) is 0. The molecule has 2 N–H and O–H groups in total. The maximum absolute atomic E-state index is 12.6. The molecule has 1 rings (SSSR count). The second-order valence-corrected chi connectivity index (χ2v) is 5.33. The topological polar surface area (TPSA) is 32.3 Å². The number of alkyl halides is 3. The van der Waals surface area contributed by atoms with Crippen molar-refractivity contribution in [1.82, 2.24) is 5.32 Å². The van der Waals surface area contributed by atoms with Gasteiger partial charge < -0.3 is 10.4 Å². The van der Waals surface area contributed by atoms with Gasteiger partial charge in [0.25, 0.3) is 0 Å². The molecule has 1 aliphatic carbocycles. The molecule has 0 aromatic rings. The lowest BCUT2D eigenvalue weighted by atomic mass is 9.85. The molecule has 17 heavy (non-hydrogen) atoms. The van der Waals surface area contributed by atoms with Crippen molar-refractivity contribution >= 4 is 0 Å². The van der Waals surface area contributed by atoms with Crippen LogP contribution in [0.5, 0.6) is 0 Å². The lowest BCUT2D eigenvalue weighted by Gasteiger charge is -2.33. The highest BCUT2D eigenvalue weighted by atomic mass is 19.4. The molecule has 0 bridgehead atoms. The smallest absolute Gasteiger partial charge is 0.389 e. The third-order valence-electron chi connectivity index (χ3n) is 3.67. The van der Waals surface area contributed by atoms with Gasteiger partial charge in [-0.2, -0.15) is 13.2 Å². The quantitative estimate of drug-likeness (QED) is 0.807. The van der Waals surface area contributed by atoms with Crippen LogP contribution in [0.15, 0.2) is 0 Å². The van der Waals surface area contributed by atoms with Crippen LogP contribution in [0, 0.1) is 5.92 Å². The van der Waals surface area contributed by atoms with Gasteiger partial charge in [-0.1, -0.05) is 13.3 Å². The number of hydrogen-bond acceptors (Lipinski definition) is 2. The first kappa shape index (κ1) is 14.8. The molecule has 102 valence electrons. The van der Waals surface area contributed by atoms with Gasteiger partial charge in [-0.25, -0.2) is 0 Å². The molecule has 0 radical (unpaired) electrons. The largest absolute Gasteiger partial charge is 0.391 e. The molecule has 0 aromatic carbocycles. The van der Waals surface area contributed by atoms with E-state index in [-0.39, 0.29) is 18.9 Å². The molecule has 0 amide bonds. The molecule has 0 aliphatic heterocycles. The van der Waals surface area contributed by atoms with Crippen LogP contribution < -0.4 is 5.32 Å². The Morgan fingerprint density at radius 2 is 1.94 bits per heavy atom. The first-order valence-electron chi connectivity index (χ1n) is 6.27. The fourth-order valence-electron chi connectivity index (χ4n) is 2.16. The Morgan fingerprint density at radius 3 is 2.47 bits per heavy atom. The van der Waals surface area contributed by atoms with Crippen molar-refractivity contribution in [2.75, 3.05) is 6.54 Å². The molecule has 2 nitrogen and oxygen atoms in total. The average Bonchev–Trinajstić information content (AvgIpc) is 2.26. The van der Waals surface area contributed by atoms with Crippen LogP contribution in [0.4, 0.5) is 13.2 Å². The minimum absolute atomic E-state index is 0.117. The molecule has 0 saturated heterocycles. The van der Waals surface area contributed by atoms with Crippen molar-refractivity contribution in [2.45, 2.75) is 63.8 Å². The van der Waals surface area contributed by atoms with E-state index < -0.39 is 17.7 Å². The van der Waals surface area contributed by atoms with Crippen LogP contribution >= 0.6 is 0 Å². The van der Waals surface area contributed by atoms with Crippen LogP contribution in [-0.4, -0.2) is 29.5 Å². The minimum Gasteiger partial charge on any atom is -0.389 e. The van der Waals surface area contributed by atoms with Crippen LogP contribution in [-0.2, 0) is 0 Å². The highest BCUT2D eigenvalue weighted by Crippen LogP contribution is 2.37. The predicted octanol–water partition coefficient (Wildman–Crippen LogP) is 2.86. The number of rotatable bonds is 4. The number of hydrogen-bond donors (Lipinski definition) is 2. The molecular formula is C12H22F3NO. The standard InChI is InChI=1S/C12H22F3NO/c1-3-11(2,17)8-16-10-6-4-5-9(7-10)12(13,14)15/h9-10,16-17H,3-8H2,1-2H3. The summed E-state index contributed by atoms with van der Waals surface area (Å²) in [5.74, 6) is -1.18. The maximum Gasteiger partial charge on any atom is 0.391 e. The van der Waals surface area contributed by atoms with E-state index in [1.165, 1.54) is 0 Å². The summed E-state index contributed by atoms with van der Waals surface area (Å²) in [6, 6.07) is -0.117. The first-order chi connectivity index (χ1) is 7.74.